The van der Waals surface area contributed by atoms with Crippen molar-refractivity contribution in [2.24, 2.45) is 0 Å². The van der Waals surface area contributed by atoms with Crippen molar-refractivity contribution in [2.75, 3.05) is 43.6 Å². The van der Waals surface area contributed by atoms with Gasteiger partial charge in [-0.05, 0) is 19.8 Å². The van der Waals surface area contributed by atoms with Gasteiger partial charge >= 0.3 is 0 Å². The third-order valence-corrected chi connectivity index (χ3v) is 6.36. The molecule has 1 N–H and O–H groups in total. The van der Waals surface area contributed by atoms with Gasteiger partial charge in [-0.15, -0.1) is 11.3 Å². The number of nitrogens with one attached hydrogen (secondary N) is 1. The maximum Gasteiger partial charge on any atom is 0.248 e. The number of anilines is 2. The van der Waals surface area contributed by atoms with E-state index >= 15 is 0 Å². The number of rotatable bonds is 6. The Balaban J connectivity index is 1.58. The van der Waals surface area contributed by atoms with E-state index in [4.69, 9.17) is 14.5 Å². The lowest BCUT2D eigenvalue weighted by molar-refractivity contribution is -0.0361. The predicted molar refractivity (Wildman–Crippen MR) is 113 cm³/mol. The normalized spacial score (nSPS) is 22.3. The second-order valence-corrected chi connectivity index (χ2v) is 8.76. The number of ether oxygens (including phenoxy) is 2. The topological polar surface area (TPSA) is 72.4 Å². The van der Waals surface area contributed by atoms with E-state index in [1.807, 2.05) is 18.4 Å². The Hall–Kier alpha value is -1.91. The fourth-order valence-corrected chi connectivity index (χ4v) is 4.56. The van der Waals surface area contributed by atoms with Gasteiger partial charge in [-0.3, -0.25) is 0 Å². The molecule has 0 aromatic carbocycles. The molecule has 0 spiro atoms. The Morgan fingerprint density at radius 3 is 2.80 bits per heavy atom. The number of halogens is 2. The van der Waals surface area contributed by atoms with Crippen molar-refractivity contribution in [1.29, 1.82) is 0 Å². The van der Waals surface area contributed by atoms with Crippen LogP contribution >= 0.6 is 11.3 Å². The predicted octanol–water partition coefficient (Wildman–Crippen LogP) is 3.75. The minimum atomic E-state index is -2.55. The van der Waals surface area contributed by atoms with Gasteiger partial charge in [0.1, 0.15) is 11.6 Å². The van der Waals surface area contributed by atoms with Crippen molar-refractivity contribution in [3.63, 3.8) is 0 Å². The number of hydrogen-bond donors (Lipinski definition) is 1. The fourth-order valence-electron chi connectivity index (χ4n) is 3.83. The molecule has 0 radical (unpaired) electrons. The van der Waals surface area contributed by atoms with E-state index in [0.717, 1.165) is 16.5 Å². The number of thiazole rings is 1. The average molecular weight is 440 g/mol. The molecule has 1 saturated heterocycles. The number of alkyl halides is 2. The quantitative estimate of drug-likeness (QED) is 0.735. The molecule has 2 aromatic rings. The summed E-state index contributed by atoms with van der Waals surface area (Å²) in [7, 11) is 1.66. The van der Waals surface area contributed by atoms with E-state index in [9.17, 15) is 8.78 Å². The van der Waals surface area contributed by atoms with Crippen LogP contribution in [-0.4, -0.2) is 66.4 Å². The third kappa shape index (κ3) is 5.22. The van der Waals surface area contributed by atoms with E-state index in [0.29, 0.717) is 50.8 Å². The number of aryl methyl sites for hydroxylation is 1. The largest absolute Gasteiger partial charge is 0.382 e. The lowest BCUT2D eigenvalue weighted by Crippen LogP contribution is -2.44. The zero-order valence-electron chi connectivity index (χ0n) is 17.2. The van der Waals surface area contributed by atoms with Gasteiger partial charge < -0.3 is 19.7 Å². The van der Waals surface area contributed by atoms with Crippen LogP contribution < -0.4 is 10.2 Å². The first kappa shape index (κ1) is 21.3. The standard InChI is InChI=1S/C20H27F2N5O2S/c1-13-12-30-19(23-13)18-25-16(24-14-3-5-20(21,22)6-4-14)9-17(26-18)27-7-8-29-15(10-27)11-28-2/h9,12,14-15H,3-8,10-11H2,1-2H3,(H,24,25,26)/t15-/m0/s1. The third-order valence-electron chi connectivity index (χ3n) is 5.41. The maximum atomic E-state index is 13.5. The molecule has 2 aliphatic rings. The zero-order valence-corrected chi connectivity index (χ0v) is 18.1. The minimum absolute atomic E-state index is 0.0239. The molecule has 1 aliphatic heterocycles. The Morgan fingerprint density at radius 1 is 1.30 bits per heavy atom. The number of hydrogen-bond acceptors (Lipinski definition) is 8. The Labute approximate surface area is 178 Å². The Bertz CT molecular complexity index is 853. The molecule has 10 heteroatoms. The second kappa shape index (κ2) is 9.07. The first-order chi connectivity index (χ1) is 14.4. The fraction of sp³-hybridized carbons (Fsp3) is 0.650. The van der Waals surface area contributed by atoms with Gasteiger partial charge in [-0.1, -0.05) is 0 Å². The van der Waals surface area contributed by atoms with Gasteiger partial charge in [0.25, 0.3) is 0 Å². The van der Waals surface area contributed by atoms with Gasteiger partial charge in [0, 0.05) is 56.2 Å². The van der Waals surface area contributed by atoms with Crippen LogP contribution in [-0.2, 0) is 9.47 Å². The van der Waals surface area contributed by atoms with Crippen molar-refractivity contribution in [2.45, 2.75) is 50.7 Å². The lowest BCUT2D eigenvalue weighted by atomic mass is 9.92. The first-order valence-electron chi connectivity index (χ1n) is 10.2. The van der Waals surface area contributed by atoms with E-state index in [1.54, 1.807) is 7.11 Å². The average Bonchev–Trinajstić information content (AvgIpc) is 3.16. The van der Waals surface area contributed by atoms with Crippen LogP contribution in [0.1, 0.15) is 31.4 Å². The molecule has 0 bridgehead atoms. The van der Waals surface area contributed by atoms with Crippen molar-refractivity contribution in [3.05, 3.63) is 17.1 Å². The molecule has 4 rings (SSSR count). The number of nitrogens with zero attached hydrogens (tertiary/aromatic N) is 4. The molecule has 1 aliphatic carbocycles. The summed E-state index contributed by atoms with van der Waals surface area (Å²) < 4.78 is 38.0. The highest BCUT2D eigenvalue weighted by Crippen LogP contribution is 2.34. The summed E-state index contributed by atoms with van der Waals surface area (Å²) in [6.45, 7) is 4.41. The highest BCUT2D eigenvalue weighted by Gasteiger charge is 2.35. The van der Waals surface area contributed by atoms with Crippen LogP contribution in [0.5, 0.6) is 0 Å². The van der Waals surface area contributed by atoms with Crippen LogP contribution in [0.4, 0.5) is 20.4 Å². The minimum Gasteiger partial charge on any atom is -0.382 e. The van der Waals surface area contributed by atoms with Crippen molar-refractivity contribution >= 4 is 23.0 Å². The van der Waals surface area contributed by atoms with Crippen molar-refractivity contribution < 1.29 is 18.3 Å². The monoisotopic (exact) mass is 439 g/mol. The number of aromatic nitrogens is 3. The Morgan fingerprint density at radius 2 is 2.10 bits per heavy atom. The van der Waals surface area contributed by atoms with Crippen molar-refractivity contribution in [1.82, 2.24) is 15.0 Å². The molecule has 0 unspecified atom stereocenters. The molecule has 3 heterocycles. The Kier molecular flexibility index (Phi) is 6.45. The van der Waals surface area contributed by atoms with E-state index < -0.39 is 5.92 Å². The summed E-state index contributed by atoms with van der Waals surface area (Å²) in [6.07, 6.45) is 0.630. The second-order valence-electron chi connectivity index (χ2n) is 7.90. The van der Waals surface area contributed by atoms with Gasteiger partial charge in [0.15, 0.2) is 10.8 Å². The van der Waals surface area contributed by atoms with E-state index in [2.05, 4.69) is 20.2 Å². The highest BCUT2D eigenvalue weighted by atomic mass is 32.1. The molecule has 7 nitrogen and oxygen atoms in total. The van der Waals surface area contributed by atoms with Gasteiger partial charge in [-0.25, -0.2) is 23.7 Å². The molecule has 1 saturated carbocycles. The van der Waals surface area contributed by atoms with Crippen LogP contribution in [0.15, 0.2) is 11.4 Å². The smallest absolute Gasteiger partial charge is 0.248 e. The first-order valence-corrected chi connectivity index (χ1v) is 11.1. The van der Waals surface area contributed by atoms with Crippen LogP contribution in [0.2, 0.25) is 0 Å². The molecular formula is C20H27F2N5O2S. The molecule has 164 valence electrons. The summed E-state index contributed by atoms with van der Waals surface area (Å²) in [5.74, 6) is -0.583. The molecule has 30 heavy (non-hydrogen) atoms. The zero-order chi connectivity index (χ0) is 21.1. The van der Waals surface area contributed by atoms with E-state index in [1.165, 1.54) is 11.3 Å². The summed E-state index contributed by atoms with van der Waals surface area (Å²) in [5, 5.41) is 6.07. The molecule has 1 atom stereocenters. The van der Waals surface area contributed by atoms with Crippen LogP contribution in [0.25, 0.3) is 10.8 Å². The summed E-state index contributed by atoms with van der Waals surface area (Å²) in [6, 6.07) is 1.87. The molecule has 2 aromatic heterocycles. The number of morpholine rings is 1. The van der Waals surface area contributed by atoms with Crippen LogP contribution in [0, 0.1) is 6.92 Å². The molecule has 2 fully saturated rings. The van der Waals surface area contributed by atoms with Crippen molar-refractivity contribution in [3.8, 4) is 10.8 Å². The van der Waals surface area contributed by atoms with E-state index in [-0.39, 0.29) is 25.0 Å². The highest BCUT2D eigenvalue weighted by molar-refractivity contribution is 7.13. The van der Waals surface area contributed by atoms with Gasteiger partial charge in [0.05, 0.1) is 19.3 Å². The summed E-state index contributed by atoms with van der Waals surface area (Å²) >= 11 is 1.49. The molecule has 0 amide bonds. The lowest BCUT2D eigenvalue weighted by Gasteiger charge is -2.34. The van der Waals surface area contributed by atoms with Gasteiger partial charge in [-0.2, -0.15) is 0 Å². The maximum absolute atomic E-state index is 13.5. The molecular weight excluding hydrogens is 412 g/mol. The summed E-state index contributed by atoms with van der Waals surface area (Å²) in [5.41, 5.74) is 0.916. The number of methoxy groups -OCH3 is 1. The SMILES string of the molecule is COC[C@@H]1CN(c2cc(NC3CCC(F)(F)CC3)nc(-c3nc(C)cs3)n2)CCO1. The van der Waals surface area contributed by atoms with Gasteiger partial charge in [0.2, 0.25) is 5.92 Å². The van der Waals surface area contributed by atoms with Crippen LogP contribution in [0.3, 0.4) is 0 Å². The summed E-state index contributed by atoms with van der Waals surface area (Å²) in [4.78, 5) is 16.1.